The molecular weight excluding hydrogens is 260 g/mol. The van der Waals surface area contributed by atoms with Gasteiger partial charge in [-0.05, 0) is 31.1 Å². The molecule has 0 spiro atoms. The number of amides is 4. The monoisotopic (exact) mass is 282 g/mol. The highest BCUT2D eigenvalue weighted by Crippen LogP contribution is 2.53. The molecule has 1 aliphatic rings. The summed E-state index contributed by atoms with van der Waals surface area (Å²) in [6.45, 7) is 6.16. The van der Waals surface area contributed by atoms with Gasteiger partial charge in [-0.25, -0.2) is 20.4 Å². The molecule has 1 rings (SSSR count). The van der Waals surface area contributed by atoms with Gasteiger partial charge < -0.3 is 11.5 Å². The van der Waals surface area contributed by atoms with E-state index in [9.17, 15) is 9.59 Å². The van der Waals surface area contributed by atoms with Gasteiger partial charge in [0.05, 0.1) is 0 Å². The van der Waals surface area contributed by atoms with Gasteiger partial charge >= 0.3 is 12.1 Å². The summed E-state index contributed by atoms with van der Waals surface area (Å²) in [6.07, 6.45) is 3.35. The summed E-state index contributed by atoms with van der Waals surface area (Å²) >= 11 is 0. The first kappa shape index (κ1) is 15.9. The Morgan fingerprint density at radius 1 is 1.30 bits per heavy atom. The van der Waals surface area contributed by atoms with Crippen molar-refractivity contribution in [3.8, 4) is 0 Å². The van der Waals surface area contributed by atoms with Gasteiger partial charge in [-0.1, -0.05) is 13.8 Å². The lowest BCUT2D eigenvalue weighted by Crippen LogP contribution is -2.48. The summed E-state index contributed by atoms with van der Waals surface area (Å²) in [5, 5.41) is 7.71. The molecule has 4 amide bonds. The quantitative estimate of drug-likeness (QED) is 0.437. The highest BCUT2D eigenvalue weighted by Gasteiger charge is 2.48. The van der Waals surface area contributed by atoms with Crippen LogP contribution in [-0.4, -0.2) is 24.0 Å². The molecule has 0 radical (unpaired) electrons. The van der Waals surface area contributed by atoms with E-state index in [1.54, 1.807) is 6.21 Å². The first-order chi connectivity index (χ1) is 9.25. The topological polar surface area (TPSA) is 135 Å². The normalized spacial score (nSPS) is 25.1. The maximum atomic E-state index is 10.6. The van der Waals surface area contributed by atoms with Crippen LogP contribution in [0.5, 0.6) is 0 Å². The molecule has 1 aliphatic carbocycles. The van der Waals surface area contributed by atoms with Crippen LogP contribution in [-0.2, 0) is 0 Å². The van der Waals surface area contributed by atoms with Gasteiger partial charge in [-0.2, -0.15) is 10.2 Å². The molecule has 112 valence electrons. The predicted octanol–water partition coefficient (Wildman–Crippen LogP) is 0.737. The Labute approximate surface area is 118 Å². The van der Waals surface area contributed by atoms with E-state index in [4.69, 9.17) is 11.5 Å². The molecule has 2 atom stereocenters. The molecule has 0 unspecified atom stereocenters. The minimum atomic E-state index is -0.674. The maximum Gasteiger partial charge on any atom is 0.332 e. The van der Waals surface area contributed by atoms with Gasteiger partial charge in [0.2, 0.25) is 0 Å². The zero-order valence-electron chi connectivity index (χ0n) is 12.0. The fourth-order valence-corrected chi connectivity index (χ4v) is 2.64. The summed E-state index contributed by atoms with van der Waals surface area (Å²) in [5.74, 6) is 0.724. The molecule has 8 heteroatoms. The lowest BCUT2D eigenvalue weighted by Gasteiger charge is -2.52. The number of nitrogens with two attached hydrogens (primary N) is 2. The average molecular weight is 282 g/mol. The molecular formula is C12H22N6O2. The van der Waals surface area contributed by atoms with Crippen LogP contribution in [0.4, 0.5) is 9.59 Å². The highest BCUT2D eigenvalue weighted by atomic mass is 16.2. The third-order valence-electron chi connectivity index (χ3n) is 3.97. The van der Waals surface area contributed by atoms with E-state index in [1.165, 1.54) is 0 Å². The number of primary amides is 2. The van der Waals surface area contributed by atoms with Gasteiger partial charge in [0.1, 0.15) is 0 Å². The second kappa shape index (κ2) is 6.36. The van der Waals surface area contributed by atoms with Crippen molar-refractivity contribution in [3.05, 3.63) is 0 Å². The van der Waals surface area contributed by atoms with E-state index >= 15 is 0 Å². The Morgan fingerprint density at radius 3 is 2.40 bits per heavy atom. The summed E-state index contributed by atoms with van der Waals surface area (Å²) in [6, 6.07) is -1.34. The molecule has 0 aromatic carbocycles. The SMILES string of the molecule is CC(=NNC(N)=O)[C@@H]1C[C@@H](CC=NNC(N)=O)C1(C)C. The lowest BCUT2D eigenvalue weighted by atomic mass is 9.52. The average Bonchev–Trinajstić information content (AvgIpc) is 2.33. The van der Waals surface area contributed by atoms with Crippen LogP contribution in [0.1, 0.15) is 33.6 Å². The van der Waals surface area contributed by atoms with Gasteiger partial charge in [0.15, 0.2) is 0 Å². The van der Waals surface area contributed by atoms with E-state index in [2.05, 4.69) is 34.9 Å². The second-order valence-electron chi connectivity index (χ2n) is 5.56. The summed E-state index contributed by atoms with van der Waals surface area (Å²) < 4.78 is 0. The summed E-state index contributed by atoms with van der Waals surface area (Å²) in [5.41, 5.74) is 15.2. The molecule has 8 nitrogen and oxygen atoms in total. The minimum Gasteiger partial charge on any atom is -0.350 e. The maximum absolute atomic E-state index is 10.6. The number of hydrazone groups is 2. The number of nitrogens with zero attached hydrogens (tertiary/aromatic N) is 2. The Morgan fingerprint density at radius 2 is 1.90 bits per heavy atom. The molecule has 6 N–H and O–H groups in total. The zero-order valence-corrected chi connectivity index (χ0v) is 12.0. The van der Waals surface area contributed by atoms with E-state index in [1.807, 2.05) is 6.92 Å². The number of hydrogen-bond acceptors (Lipinski definition) is 4. The largest absolute Gasteiger partial charge is 0.350 e. The third kappa shape index (κ3) is 3.94. The molecule has 1 fully saturated rings. The Kier molecular flexibility index (Phi) is 5.06. The van der Waals surface area contributed by atoms with E-state index in [-0.39, 0.29) is 11.3 Å². The van der Waals surface area contributed by atoms with E-state index in [0.29, 0.717) is 5.92 Å². The van der Waals surface area contributed by atoms with Crippen LogP contribution in [0.3, 0.4) is 0 Å². The highest BCUT2D eigenvalue weighted by molar-refractivity contribution is 5.87. The van der Waals surface area contributed by atoms with Crippen molar-refractivity contribution >= 4 is 24.0 Å². The minimum absolute atomic E-state index is 0.0473. The van der Waals surface area contributed by atoms with E-state index in [0.717, 1.165) is 18.6 Å². The predicted molar refractivity (Wildman–Crippen MR) is 77.0 cm³/mol. The molecule has 0 bridgehead atoms. The van der Waals surface area contributed by atoms with Crippen molar-refractivity contribution in [2.45, 2.75) is 33.6 Å². The molecule has 0 aromatic heterocycles. The second-order valence-corrected chi connectivity index (χ2v) is 5.56. The van der Waals surface area contributed by atoms with Crippen molar-refractivity contribution in [1.29, 1.82) is 0 Å². The van der Waals surface area contributed by atoms with Crippen molar-refractivity contribution in [1.82, 2.24) is 10.9 Å². The van der Waals surface area contributed by atoms with Crippen LogP contribution >= 0.6 is 0 Å². The van der Waals surface area contributed by atoms with Gasteiger partial charge in [-0.3, -0.25) is 0 Å². The summed E-state index contributed by atoms with van der Waals surface area (Å²) in [7, 11) is 0. The molecule has 1 saturated carbocycles. The fourth-order valence-electron chi connectivity index (χ4n) is 2.64. The van der Waals surface area contributed by atoms with Gasteiger partial charge in [0, 0.05) is 17.8 Å². The lowest BCUT2D eigenvalue weighted by molar-refractivity contribution is 0.0303. The molecule has 0 aliphatic heterocycles. The molecule has 0 saturated heterocycles. The number of urea groups is 2. The summed E-state index contributed by atoms with van der Waals surface area (Å²) in [4.78, 5) is 21.1. The number of hydrogen-bond donors (Lipinski definition) is 4. The first-order valence-electron chi connectivity index (χ1n) is 6.41. The Hall–Kier alpha value is -2.12. The van der Waals surface area contributed by atoms with Crippen molar-refractivity contribution in [2.75, 3.05) is 0 Å². The number of carbonyl (C=O) groups is 2. The Bertz CT molecular complexity index is 443. The van der Waals surface area contributed by atoms with Crippen molar-refractivity contribution in [2.24, 2.45) is 38.9 Å². The van der Waals surface area contributed by atoms with Crippen LogP contribution in [0.15, 0.2) is 10.2 Å². The number of carbonyl (C=O) groups excluding carboxylic acids is 2. The first-order valence-corrected chi connectivity index (χ1v) is 6.41. The smallest absolute Gasteiger partial charge is 0.332 e. The van der Waals surface area contributed by atoms with Crippen LogP contribution in [0.25, 0.3) is 0 Å². The van der Waals surface area contributed by atoms with Gasteiger partial charge in [-0.15, -0.1) is 0 Å². The van der Waals surface area contributed by atoms with Crippen molar-refractivity contribution < 1.29 is 9.59 Å². The van der Waals surface area contributed by atoms with Crippen LogP contribution in [0.2, 0.25) is 0 Å². The van der Waals surface area contributed by atoms with Crippen LogP contribution in [0, 0.1) is 17.3 Å². The third-order valence-corrected chi connectivity index (χ3v) is 3.97. The fraction of sp³-hybridized carbons (Fsp3) is 0.667. The molecule has 20 heavy (non-hydrogen) atoms. The molecule has 0 heterocycles. The van der Waals surface area contributed by atoms with Crippen LogP contribution < -0.4 is 22.3 Å². The Balaban J connectivity index is 2.50. The van der Waals surface area contributed by atoms with Crippen molar-refractivity contribution in [3.63, 3.8) is 0 Å². The number of rotatable bonds is 5. The number of nitrogens with one attached hydrogen (secondary N) is 2. The zero-order chi connectivity index (χ0) is 15.3. The standard InChI is InChI=1S/C12H22N6O2/c1-7(16-18-11(14)20)9-6-8(12(9,2)3)4-5-15-17-10(13)19/h5,8-9H,4,6H2,1-3H3,(H3,13,17,19)(H3,14,18,20)/t8-,9+/m1/s1. The molecule has 0 aromatic rings. The van der Waals surface area contributed by atoms with E-state index < -0.39 is 12.1 Å². The van der Waals surface area contributed by atoms with Gasteiger partial charge in [0.25, 0.3) is 0 Å².